The molecule has 13 heavy (non-hydrogen) atoms. The molecule has 1 heterocycles. The third-order valence-electron chi connectivity index (χ3n) is 3.06. The van der Waals surface area contributed by atoms with Gasteiger partial charge < -0.3 is 15.8 Å². The standard InChI is InChI=1S/C9H16N2O2/c1-2-13-7(12)9(10)3-8(4-9)5-11-6-8/h11H,2-6,10H2,1H3. The first kappa shape index (κ1) is 8.97. The van der Waals surface area contributed by atoms with Crippen LogP contribution in [0.2, 0.25) is 0 Å². The highest BCUT2D eigenvalue weighted by Crippen LogP contribution is 2.50. The zero-order chi connectivity index (χ0) is 9.53. The molecule has 4 nitrogen and oxygen atoms in total. The number of nitrogens with one attached hydrogen (secondary N) is 1. The smallest absolute Gasteiger partial charge is 0.326 e. The first-order valence-corrected chi connectivity index (χ1v) is 4.77. The zero-order valence-corrected chi connectivity index (χ0v) is 7.93. The second-order valence-electron chi connectivity index (χ2n) is 4.33. The minimum absolute atomic E-state index is 0.229. The van der Waals surface area contributed by atoms with E-state index in [2.05, 4.69) is 5.32 Å². The third kappa shape index (κ3) is 1.25. The predicted molar refractivity (Wildman–Crippen MR) is 48.1 cm³/mol. The SMILES string of the molecule is CCOC(=O)C1(N)CC2(CNC2)C1. The fourth-order valence-corrected chi connectivity index (χ4v) is 2.43. The van der Waals surface area contributed by atoms with Crippen LogP contribution in [0.1, 0.15) is 19.8 Å². The van der Waals surface area contributed by atoms with Crippen molar-refractivity contribution in [3.63, 3.8) is 0 Å². The molecule has 4 heteroatoms. The van der Waals surface area contributed by atoms with Crippen molar-refractivity contribution < 1.29 is 9.53 Å². The molecule has 0 aromatic heterocycles. The molecule has 0 atom stereocenters. The number of nitrogens with two attached hydrogens (primary N) is 1. The maximum absolute atomic E-state index is 11.4. The molecule has 74 valence electrons. The van der Waals surface area contributed by atoms with Gasteiger partial charge in [0.1, 0.15) is 5.54 Å². The summed E-state index contributed by atoms with van der Waals surface area (Å²) in [4.78, 5) is 11.4. The summed E-state index contributed by atoms with van der Waals surface area (Å²) in [5, 5.41) is 3.20. The molecule has 2 fully saturated rings. The van der Waals surface area contributed by atoms with E-state index in [-0.39, 0.29) is 5.97 Å². The Hall–Kier alpha value is -0.610. The lowest BCUT2D eigenvalue weighted by molar-refractivity contribution is -0.162. The van der Waals surface area contributed by atoms with Gasteiger partial charge in [-0.1, -0.05) is 0 Å². The van der Waals surface area contributed by atoms with Crippen LogP contribution in [0.4, 0.5) is 0 Å². The largest absolute Gasteiger partial charge is 0.465 e. The van der Waals surface area contributed by atoms with Gasteiger partial charge in [0.05, 0.1) is 6.61 Å². The molecule has 1 spiro atoms. The second-order valence-corrected chi connectivity index (χ2v) is 4.33. The summed E-state index contributed by atoms with van der Waals surface area (Å²) >= 11 is 0. The summed E-state index contributed by atoms with van der Waals surface area (Å²) < 4.78 is 4.93. The molecule has 0 bridgehead atoms. The molecule has 0 amide bonds. The highest BCUT2D eigenvalue weighted by Gasteiger charge is 2.59. The van der Waals surface area contributed by atoms with Crippen molar-refractivity contribution in [1.82, 2.24) is 5.32 Å². The summed E-state index contributed by atoms with van der Waals surface area (Å²) in [6.45, 7) is 4.24. The first-order chi connectivity index (χ1) is 6.10. The first-order valence-electron chi connectivity index (χ1n) is 4.77. The van der Waals surface area contributed by atoms with Gasteiger partial charge in [-0.05, 0) is 25.2 Å². The topological polar surface area (TPSA) is 64.3 Å². The molecule has 3 N–H and O–H groups in total. The quantitative estimate of drug-likeness (QED) is 0.575. The highest BCUT2D eigenvalue weighted by atomic mass is 16.5. The maximum atomic E-state index is 11.4. The summed E-state index contributed by atoms with van der Waals surface area (Å²) in [7, 11) is 0. The summed E-state index contributed by atoms with van der Waals surface area (Å²) in [5.74, 6) is -0.229. The number of ether oxygens (including phenoxy) is 1. The molecule has 0 aromatic carbocycles. The lowest BCUT2D eigenvalue weighted by atomic mass is 9.54. The molecule has 1 aliphatic carbocycles. The van der Waals surface area contributed by atoms with E-state index in [1.807, 2.05) is 0 Å². The monoisotopic (exact) mass is 184 g/mol. The van der Waals surface area contributed by atoms with Gasteiger partial charge in [0.25, 0.3) is 0 Å². The van der Waals surface area contributed by atoms with Crippen molar-refractivity contribution in [2.75, 3.05) is 19.7 Å². The van der Waals surface area contributed by atoms with Crippen LogP contribution in [0, 0.1) is 5.41 Å². The molecule has 2 aliphatic rings. The number of carbonyl (C=O) groups is 1. The Labute approximate surface area is 77.8 Å². The Balaban J connectivity index is 1.90. The van der Waals surface area contributed by atoms with Crippen molar-refractivity contribution in [2.45, 2.75) is 25.3 Å². The number of hydrogen-bond acceptors (Lipinski definition) is 4. The number of esters is 1. The lowest BCUT2D eigenvalue weighted by Crippen LogP contribution is -2.72. The summed E-state index contributed by atoms with van der Waals surface area (Å²) in [6.07, 6.45) is 1.57. The minimum atomic E-state index is -0.682. The maximum Gasteiger partial charge on any atom is 0.326 e. The predicted octanol–water partition coefficient (Wildman–Crippen LogP) is -0.370. The fraction of sp³-hybridized carbons (Fsp3) is 0.889. The zero-order valence-electron chi connectivity index (χ0n) is 7.93. The van der Waals surface area contributed by atoms with Crippen LogP contribution in [0.25, 0.3) is 0 Å². The van der Waals surface area contributed by atoms with Crippen LogP contribution in [0.3, 0.4) is 0 Å². The molecular weight excluding hydrogens is 168 g/mol. The van der Waals surface area contributed by atoms with Crippen molar-refractivity contribution in [3.8, 4) is 0 Å². The minimum Gasteiger partial charge on any atom is -0.465 e. The molecule has 2 rings (SSSR count). The Bertz CT molecular complexity index is 228. The van der Waals surface area contributed by atoms with Crippen LogP contribution in [0.15, 0.2) is 0 Å². The van der Waals surface area contributed by atoms with Crippen molar-refractivity contribution in [1.29, 1.82) is 0 Å². The van der Waals surface area contributed by atoms with Crippen molar-refractivity contribution >= 4 is 5.97 Å². The summed E-state index contributed by atoms with van der Waals surface area (Å²) in [6, 6.07) is 0. The van der Waals surface area contributed by atoms with Gasteiger partial charge in [-0.25, -0.2) is 0 Å². The van der Waals surface area contributed by atoms with Crippen molar-refractivity contribution in [3.05, 3.63) is 0 Å². The van der Waals surface area contributed by atoms with Gasteiger partial charge in [0.2, 0.25) is 0 Å². The average molecular weight is 184 g/mol. The molecule has 1 aliphatic heterocycles. The van der Waals surface area contributed by atoms with Gasteiger partial charge >= 0.3 is 5.97 Å². The number of carbonyl (C=O) groups excluding carboxylic acids is 1. The van der Waals surface area contributed by atoms with E-state index < -0.39 is 5.54 Å². The van der Waals surface area contributed by atoms with E-state index in [1.165, 1.54) is 0 Å². The van der Waals surface area contributed by atoms with Crippen molar-refractivity contribution in [2.24, 2.45) is 11.1 Å². The Kier molecular flexibility index (Phi) is 1.85. The fourth-order valence-electron chi connectivity index (χ4n) is 2.43. The van der Waals surface area contributed by atoms with Crippen LogP contribution in [-0.4, -0.2) is 31.2 Å². The molecule has 0 unspecified atom stereocenters. The lowest BCUT2D eigenvalue weighted by Gasteiger charge is -2.58. The number of hydrogen-bond donors (Lipinski definition) is 2. The van der Waals surface area contributed by atoms with Gasteiger partial charge in [-0.2, -0.15) is 0 Å². The van der Waals surface area contributed by atoms with E-state index in [4.69, 9.17) is 10.5 Å². The normalized spacial score (nSPS) is 27.5. The van der Waals surface area contributed by atoms with E-state index in [1.54, 1.807) is 6.92 Å². The van der Waals surface area contributed by atoms with Crippen LogP contribution < -0.4 is 11.1 Å². The van der Waals surface area contributed by atoms with Crippen LogP contribution >= 0.6 is 0 Å². The Morgan fingerprint density at radius 3 is 2.54 bits per heavy atom. The van der Waals surface area contributed by atoms with E-state index in [0.717, 1.165) is 25.9 Å². The van der Waals surface area contributed by atoms with E-state index in [9.17, 15) is 4.79 Å². The molecular formula is C9H16N2O2. The van der Waals surface area contributed by atoms with Gasteiger partial charge in [0, 0.05) is 13.1 Å². The van der Waals surface area contributed by atoms with E-state index >= 15 is 0 Å². The Morgan fingerprint density at radius 1 is 1.54 bits per heavy atom. The third-order valence-corrected chi connectivity index (χ3v) is 3.06. The number of rotatable bonds is 2. The second kappa shape index (κ2) is 2.69. The Morgan fingerprint density at radius 2 is 2.15 bits per heavy atom. The molecule has 1 saturated heterocycles. The molecule has 0 radical (unpaired) electrons. The molecule has 1 saturated carbocycles. The summed E-state index contributed by atoms with van der Waals surface area (Å²) in [5.41, 5.74) is 5.55. The highest BCUT2D eigenvalue weighted by molar-refractivity contribution is 5.82. The van der Waals surface area contributed by atoms with Crippen LogP contribution in [-0.2, 0) is 9.53 Å². The molecule has 0 aromatic rings. The van der Waals surface area contributed by atoms with Crippen LogP contribution in [0.5, 0.6) is 0 Å². The van der Waals surface area contributed by atoms with E-state index in [0.29, 0.717) is 12.0 Å². The van der Waals surface area contributed by atoms with Gasteiger partial charge in [-0.15, -0.1) is 0 Å². The van der Waals surface area contributed by atoms with Gasteiger partial charge in [0.15, 0.2) is 0 Å². The van der Waals surface area contributed by atoms with Gasteiger partial charge in [-0.3, -0.25) is 4.79 Å². The average Bonchev–Trinajstić information content (AvgIpc) is 1.95.